The van der Waals surface area contributed by atoms with E-state index in [1.54, 1.807) is 26.1 Å². The largest absolute Gasteiger partial charge is 0.492 e. The van der Waals surface area contributed by atoms with Gasteiger partial charge >= 0.3 is 0 Å². The van der Waals surface area contributed by atoms with E-state index in [-0.39, 0.29) is 23.5 Å². The number of amides is 3. The summed E-state index contributed by atoms with van der Waals surface area (Å²) in [6.07, 6.45) is 5.26. The Kier molecular flexibility index (Phi) is 14.5. The molecular weight excluding hydrogens is 527 g/mol. The Hall–Kier alpha value is -3.76. The van der Waals surface area contributed by atoms with Crippen molar-refractivity contribution in [2.45, 2.75) is 51.8 Å². The van der Waals surface area contributed by atoms with Gasteiger partial charge in [-0.1, -0.05) is 48.0 Å². The summed E-state index contributed by atoms with van der Waals surface area (Å²) in [5.74, 6) is 0.174. The summed E-state index contributed by atoms with van der Waals surface area (Å²) in [4.78, 5) is 37.2. The number of nitrogens with one attached hydrogen (secondary N) is 3. The van der Waals surface area contributed by atoms with Gasteiger partial charge in [-0.15, -0.1) is 0 Å². The van der Waals surface area contributed by atoms with Gasteiger partial charge in [-0.25, -0.2) is 4.39 Å². The van der Waals surface area contributed by atoms with Gasteiger partial charge in [0.2, 0.25) is 18.2 Å². The van der Waals surface area contributed by atoms with Crippen LogP contribution in [0.15, 0.2) is 54.6 Å². The fourth-order valence-corrected chi connectivity index (χ4v) is 4.20. The zero-order valence-electron chi connectivity index (χ0n) is 24.3. The molecule has 1 aliphatic carbocycles. The van der Waals surface area contributed by atoms with Crippen molar-refractivity contribution in [3.63, 3.8) is 0 Å². The number of ether oxygens (including phenoxy) is 1. The van der Waals surface area contributed by atoms with Gasteiger partial charge in [0.05, 0.1) is 12.1 Å². The van der Waals surface area contributed by atoms with Gasteiger partial charge in [-0.3, -0.25) is 14.4 Å². The Morgan fingerprint density at radius 3 is 2.44 bits per heavy atom. The van der Waals surface area contributed by atoms with Crippen molar-refractivity contribution < 1.29 is 28.6 Å². The average molecular weight is 571 g/mol. The summed E-state index contributed by atoms with van der Waals surface area (Å²) in [5, 5.41) is 18.6. The van der Waals surface area contributed by atoms with Crippen LogP contribution in [0.1, 0.15) is 37.8 Å². The first-order valence-corrected chi connectivity index (χ1v) is 13.9. The summed E-state index contributed by atoms with van der Waals surface area (Å²) in [5.41, 5.74) is 1.98. The summed E-state index contributed by atoms with van der Waals surface area (Å²) < 4.78 is 18.0. The molecule has 1 aliphatic rings. The maximum atomic E-state index is 13.2. The van der Waals surface area contributed by atoms with Crippen molar-refractivity contribution in [1.82, 2.24) is 20.9 Å². The Balaban J connectivity index is 0.000000629. The number of hydrogen-bond acceptors (Lipinski definition) is 6. The SMILES string of the molecule is CCNC(=O)C(C(C)O)N(C)C(=O)C(NCCOc1ccccc1/C=C/CNC=O)C1CC1.Cc1ccc(F)cc1. The molecule has 9 nitrogen and oxygen atoms in total. The number of carbonyl (C=O) groups excluding carboxylic acids is 3. The molecule has 0 aromatic heterocycles. The molecule has 4 N–H and O–H groups in total. The van der Waals surface area contributed by atoms with Crippen LogP contribution in [-0.2, 0) is 14.4 Å². The maximum absolute atomic E-state index is 13.2. The van der Waals surface area contributed by atoms with Crippen LogP contribution in [-0.4, -0.2) is 79.7 Å². The zero-order chi connectivity index (χ0) is 30.2. The molecule has 3 rings (SSSR count). The molecule has 0 saturated heterocycles. The molecule has 41 heavy (non-hydrogen) atoms. The van der Waals surface area contributed by atoms with E-state index in [9.17, 15) is 23.9 Å². The summed E-state index contributed by atoms with van der Waals surface area (Å²) in [7, 11) is 1.56. The van der Waals surface area contributed by atoms with Crippen LogP contribution in [0.3, 0.4) is 0 Å². The van der Waals surface area contributed by atoms with Crippen LogP contribution < -0.4 is 20.7 Å². The number of benzene rings is 2. The normalized spacial score (nSPS) is 14.7. The molecule has 3 atom stereocenters. The van der Waals surface area contributed by atoms with Gasteiger partial charge in [-0.05, 0) is 57.7 Å². The first-order valence-electron chi connectivity index (χ1n) is 13.9. The van der Waals surface area contributed by atoms with Crippen molar-refractivity contribution in [3.05, 3.63) is 71.6 Å². The molecule has 3 unspecified atom stereocenters. The number of carbonyl (C=O) groups is 3. The van der Waals surface area contributed by atoms with E-state index in [0.717, 1.165) is 24.0 Å². The second-order valence-electron chi connectivity index (χ2n) is 9.91. The molecule has 0 spiro atoms. The number of aryl methyl sites for hydroxylation is 1. The minimum atomic E-state index is -0.986. The van der Waals surface area contributed by atoms with Gasteiger partial charge in [0.25, 0.3) is 0 Å². The molecular formula is C31H43FN4O5. The third-order valence-electron chi connectivity index (χ3n) is 6.47. The number of nitrogens with zero attached hydrogens (tertiary/aromatic N) is 1. The average Bonchev–Trinajstić information content (AvgIpc) is 3.79. The molecule has 1 saturated carbocycles. The third-order valence-corrected chi connectivity index (χ3v) is 6.47. The minimum absolute atomic E-state index is 0.171. The Bertz CT molecular complexity index is 1100. The summed E-state index contributed by atoms with van der Waals surface area (Å²) in [6.45, 7) is 6.90. The highest BCUT2D eigenvalue weighted by atomic mass is 19.1. The number of aliphatic hydroxyl groups excluding tert-OH is 1. The number of halogens is 1. The maximum Gasteiger partial charge on any atom is 0.245 e. The number of rotatable bonds is 15. The number of likely N-dealkylation sites (N-methyl/N-ethyl adjacent to an activating group) is 2. The Labute approximate surface area is 242 Å². The van der Waals surface area contributed by atoms with Gasteiger partial charge in [0.1, 0.15) is 24.2 Å². The quantitative estimate of drug-likeness (QED) is 0.193. The molecule has 3 amide bonds. The van der Waals surface area contributed by atoms with E-state index in [1.165, 1.54) is 24.0 Å². The monoisotopic (exact) mass is 570 g/mol. The van der Waals surface area contributed by atoms with Crippen LogP contribution >= 0.6 is 0 Å². The fourth-order valence-electron chi connectivity index (χ4n) is 4.20. The van der Waals surface area contributed by atoms with Crippen LogP contribution in [0, 0.1) is 18.7 Å². The van der Waals surface area contributed by atoms with E-state index in [0.29, 0.717) is 38.4 Å². The van der Waals surface area contributed by atoms with Crippen molar-refractivity contribution >= 4 is 24.3 Å². The van der Waals surface area contributed by atoms with Gasteiger partial charge in [0.15, 0.2) is 0 Å². The molecule has 1 fully saturated rings. The van der Waals surface area contributed by atoms with Crippen molar-refractivity contribution in [2.75, 3.05) is 33.3 Å². The molecule has 2 aromatic rings. The molecule has 0 radical (unpaired) electrons. The highest BCUT2D eigenvalue weighted by Gasteiger charge is 2.40. The zero-order valence-corrected chi connectivity index (χ0v) is 24.3. The van der Waals surface area contributed by atoms with E-state index in [1.807, 2.05) is 43.3 Å². The first kappa shape index (κ1) is 33.4. The van der Waals surface area contributed by atoms with E-state index in [4.69, 9.17) is 4.74 Å². The highest BCUT2D eigenvalue weighted by Crippen LogP contribution is 2.33. The first-order chi connectivity index (χ1) is 19.7. The lowest BCUT2D eigenvalue weighted by atomic mass is 10.1. The third kappa shape index (κ3) is 11.7. The Morgan fingerprint density at radius 1 is 1.17 bits per heavy atom. The predicted octanol–water partition coefficient (Wildman–Crippen LogP) is 2.67. The number of hydrogen-bond donors (Lipinski definition) is 4. The molecule has 224 valence electrons. The van der Waals surface area contributed by atoms with Crippen LogP contribution in [0.5, 0.6) is 5.75 Å². The fraction of sp³-hybridized carbons (Fsp3) is 0.452. The molecule has 0 aliphatic heterocycles. The lowest BCUT2D eigenvalue weighted by Gasteiger charge is -2.32. The molecule has 0 bridgehead atoms. The number of para-hydroxylation sites is 1. The summed E-state index contributed by atoms with van der Waals surface area (Å²) >= 11 is 0. The van der Waals surface area contributed by atoms with Crippen LogP contribution in [0.4, 0.5) is 4.39 Å². The number of aliphatic hydroxyl groups is 1. The van der Waals surface area contributed by atoms with Gasteiger partial charge in [-0.2, -0.15) is 0 Å². The molecule has 10 heteroatoms. The highest BCUT2D eigenvalue weighted by molar-refractivity contribution is 5.90. The smallest absolute Gasteiger partial charge is 0.245 e. The van der Waals surface area contributed by atoms with Gasteiger partial charge in [0, 0.05) is 32.2 Å². The molecule has 2 aromatic carbocycles. The lowest BCUT2D eigenvalue weighted by molar-refractivity contribution is -0.144. The lowest BCUT2D eigenvalue weighted by Crippen LogP contribution is -2.57. The predicted molar refractivity (Wildman–Crippen MR) is 158 cm³/mol. The second-order valence-corrected chi connectivity index (χ2v) is 9.91. The van der Waals surface area contributed by atoms with E-state index in [2.05, 4.69) is 16.0 Å². The standard InChI is InChI=1S/C24H36N4O5.C7H7F/c1-4-26-23(31)22(17(2)30)28(3)24(32)21(19-11-12-19)27-14-15-33-20-10-6-5-8-18(20)9-7-13-25-16-29;1-6-2-4-7(8)5-3-6/h5-10,16-17,19,21-22,27,30H,4,11-15H2,1-3H3,(H,25,29)(H,26,31);2-5H,1H3/b9-7+;. The Morgan fingerprint density at radius 2 is 1.85 bits per heavy atom. The van der Waals surface area contributed by atoms with Crippen LogP contribution in [0.2, 0.25) is 0 Å². The van der Waals surface area contributed by atoms with Crippen molar-refractivity contribution in [1.29, 1.82) is 0 Å². The van der Waals surface area contributed by atoms with E-state index >= 15 is 0 Å². The van der Waals surface area contributed by atoms with Crippen molar-refractivity contribution in [3.8, 4) is 5.75 Å². The van der Waals surface area contributed by atoms with Crippen molar-refractivity contribution in [2.24, 2.45) is 5.92 Å². The minimum Gasteiger partial charge on any atom is -0.492 e. The van der Waals surface area contributed by atoms with E-state index < -0.39 is 18.2 Å². The summed E-state index contributed by atoms with van der Waals surface area (Å²) in [6, 6.07) is 12.6. The van der Waals surface area contributed by atoms with Crippen LogP contribution in [0.25, 0.3) is 6.08 Å². The second kappa shape index (κ2) is 17.8. The van der Waals surface area contributed by atoms with Gasteiger partial charge < -0.3 is 30.7 Å². The topological polar surface area (TPSA) is 120 Å². The molecule has 0 heterocycles.